The summed E-state index contributed by atoms with van der Waals surface area (Å²) in [5.41, 5.74) is 1.14. The molecule has 0 saturated carbocycles. The molecule has 5 nitrogen and oxygen atoms in total. The number of rotatable bonds is 9. The minimum Gasteiger partial charge on any atom is -0.493 e. The van der Waals surface area contributed by atoms with Crippen LogP contribution in [0.5, 0.6) is 17.2 Å². The highest BCUT2D eigenvalue weighted by Gasteiger charge is 2.05. The highest BCUT2D eigenvalue weighted by molar-refractivity contribution is 5.77. The number of aryl methyl sites for hydroxylation is 1. The maximum Gasteiger partial charge on any atom is 0.257 e. The van der Waals surface area contributed by atoms with E-state index in [0.29, 0.717) is 18.0 Å². The lowest BCUT2D eigenvalue weighted by molar-refractivity contribution is -0.123. The monoisotopic (exact) mass is 329 g/mol. The summed E-state index contributed by atoms with van der Waals surface area (Å²) >= 11 is 0. The zero-order chi connectivity index (χ0) is 17.2. The van der Waals surface area contributed by atoms with Crippen LogP contribution in [0.2, 0.25) is 0 Å². The highest BCUT2D eigenvalue weighted by atomic mass is 16.5. The van der Waals surface area contributed by atoms with Gasteiger partial charge >= 0.3 is 0 Å². The first-order chi connectivity index (χ1) is 11.7. The zero-order valence-corrected chi connectivity index (χ0v) is 14.1. The van der Waals surface area contributed by atoms with Gasteiger partial charge in [-0.05, 0) is 42.7 Å². The quantitative estimate of drug-likeness (QED) is 0.719. The Hall–Kier alpha value is -2.69. The molecule has 0 saturated heterocycles. The fraction of sp³-hybridized carbons (Fsp3) is 0.316. The Labute approximate surface area is 142 Å². The van der Waals surface area contributed by atoms with Crippen molar-refractivity contribution in [2.24, 2.45) is 0 Å². The van der Waals surface area contributed by atoms with Crippen LogP contribution in [0.3, 0.4) is 0 Å². The molecule has 0 aliphatic heterocycles. The van der Waals surface area contributed by atoms with Crippen molar-refractivity contribution >= 4 is 5.91 Å². The number of carbonyl (C=O) groups excluding carboxylic acids is 1. The molecule has 5 heteroatoms. The smallest absolute Gasteiger partial charge is 0.257 e. The molecular weight excluding hydrogens is 306 g/mol. The molecule has 2 aromatic carbocycles. The maximum absolute atomic E-state index is 11.7. The lowest BCUT2D eigenvalue weighted by Gasteiger charge is -2.10. The van der Waals surface area contributed by atoms with E-state index in [4.69, 9.17) is 14.2 Å². The van der Waals surface area contributed by atoms with Crippen LogP contribution in [0.1, 0.15) is 12.0 Å². The van der Waals surface area contributed by atoms with Crippen LogP contribution >= 0.6 is 0 Å². The van der Waals surface area contributed by atoms with Gasteiger partial charge in [0, 0.05) is 6.54 Å². The van der Waals surface area contributed by atoms with Crippen molar-refractivity contribution in [1.29, 1.82) is 0 Å². The second kappa shape index (κ2) is 9.45. The topological polar surface area (TPSA) is 56.8 Å². The molecule has 0 heterocycles. The van der Waals surface area contributed by atoms with Crippen molar-refractivity contribution in [3.63, 3.8) is 0 Å². The first-order valence-electron chi connectivity index (χ1n) is 7.88. The van der Waals surface area contributed by atoms with Crippen molar-refractivity contribution in [1.82, 2.24) is 5.32 Å². The summed E-state index contributed by atoms with van der Waals surface area (Å²) in [5.74, 6) is 2.01. The number of carbonyl (C=O) groups is 1. The van der Waals surface area contributed by atoms with E-state index in [1.807, 2.05) is 48.5 Å². The largest absolute Gasteiger partial charge is 0.493 e. The van der Waals surface area contributed by atoms with Crippen molar-refractivity contribution in [2.45, 2.75) is 12.8 Å². The van der Waals surface area contributed by atoms with Gasteiger partial charge < -0.3 is 19.5 Å². The van der Waals surface area contributed by atoms with Gasteiger partial charge in [0.15, 0.2) is 18.1 Å². The Kier molecular flexibility index (Phi) is 6.95. The fourth-order valence-corrected chi connectivity index (χ4v) is 2.27. The molecule has 0 atom stereocenters. The molecule has 0 aromatic heterocycles. The average Bonchev–Trinajstić information content (AvgIpc) is 2.64. The molecular formula is C19H23NO4. The van der Waals surface area contributed by atoms with Gasteiger partial charge in [-0.15, -0.1) is 0 Å². The molecule has 1 N–H and O–H groups in total. The second-order valence-corrected chi connectivity index (χ2v) is 5.24. The Morgan fingerprint density at radius 2 is 1.75 bits per heavy atom. The van der Waals surface area contributed by atoms with Crippen LogP contribution in [-0.4, -0.2) is 33.3 Å². The van der Waals surface area contributed by atoms with Crippen LogP contribution in [0, 0.1) is 0 Å². The van der Waals surface area contributed by atoms with Crippen molar-refractivity contribution in [2.75, 3.05) is 27.4 Å². The fourth-order valence-electron chi connectivity index (χ4n) is 2.27. The van der Waals surface area contributed by atoms with E-state index in [0.717, 1.165) is 24.2 Å². The Morgan fingerprint density at radius 3 is 2.46 bits per heavy atom. The van der Waals surface area contributed by atoms with Gasteiger partial charge in [-0.25, -0.2) is 0 Å². The number of hydrogen-bond acceptors (Lipinski definition) is 4. The van der Waals surface area contributed by atoms with Crippen molar-refractivity contribution < 1.29 is 19.0 Å². The Balaban J connectivity index is 1.68. The summed E-state index contributed by atoms with van der Waals surface area (Å²) in [7, 11) is 3.24. The standard InChI is InChI=1S/C19H23NO4/c1-22-17-11-10-15(13-18(17)23-2)7-6-12-20-19(21)14-24-16-8-4-3-5-9-16/h3-5,8-11,13H,6-7,12,14H2,1-2H3,(H,20,21). The number of hydrogen-bond donors (Lipinski definition) is 1. The summed E-state index contributed by atoms with van der Waals surface area (Å²) in [6.07, 6.45) is 1.69. The number of ether oxygens (including phenoxy) is 3. The van der Waals surface area contributed by atoms with Gasteiger partial charge in [-0.2, -0.15) is 0 Å². The molecule has 0 aliphatic carbocycles. The van der Waals surface area contributed by atoms with E-state index in [1.54, 1.807) is 14.2 Å². The molecule has 2 rings (SSSR count). The van der Waals surface area contributed by atoms with Gasteiger partial charge in [0.2, 0.25) is 0 Å². The number of benzene rings is 2. The average molecular weight is 329 g/mol. The van der Waals surface area contributed by atoms with Gasteiger partial charge in [-0.3, -0.25) is 4.79 Å². The molecule has 0 bridgehead atoms. The van der Waals surface area contributed by atoms with Crippen LogP contribution in [-0.2, 0) is 11.2 Å². The van der Waals surface area contributed by atoms with Crippen LogP contribution in [0.4, 0.5) is 0 Å². The predicted molar refractivity (Wildman–Crippen MR) is 92.8 cm³/mol. The third kappa shape index (κ3) is 5.50. The summed E-state index contributed by atoms with van der Waals surface area (Å²) in [6, 6.07) is 15.1. The predicted octanol–water partition coefficient (Wildman–Crippen LogP) is 2.83. The van der Waals surface area contributed by atoms with E-state index in [1.165, 1.54) is 0 Å². The molecule has 0 radical (unpaired) electrons. The summed E-state index contributed by atoms with van der Waals surface area (Å²) in [4.78, 5) is 11.7. The summed E-state index contributed by atoms with van der Waals surface area (Å²) in [5, 5.41) is 2.85. The van der Waals surface area contributed by atoms with E-state index in [9.17, 15) is 4.79 Å². The van der Waals surface area contributed by atoms with E-state index in [2.05, 4.69) is 5.32 Å². The molecule has 128 valence electrons. The number of nitrogens with one attached hydrogen (secondary N) is 1. The van der Waals surface area contributed by atoms with Crippen LogP contribution in [0.25, 0.3) is 0 Å². The minimum atomic E-state index is -0.119. The molecule has 1 amide bonds. The normalized spacial score (nSPS) is 10.1. The van der Waals surface area contributed by atoms with Gasteiger partial charge in [-0.1, -0.05) is 24.3 Å². The Morgan fingerprint density at radius 1 is 1.00 bits per heavy atom. The van der Waals surface area contributed by atoms with Gasteiger partial charge in [0.1, 0.15) is 5.75 Å². The lowest BCUT2D eigenvalue weighted by atomic mass is 10.1. The minimum absolute atomic E-state index is 0.0281. The SMILES string of the molecule is COc1ccc(CCCNC(=O)COc2ccccc2)cc1OC. The van der Waals surface area contributed by atoms with E-state index >= 15 is 0 Å². The van der Waals surface area contributed by atoms with Crippen molar-refractivity contribution in [3.05, 3.63) is 54.1 Å². The number of methoxy groups -OCH3 is 2. The first-order valence-corrected chi connectivity index (χ1v) is 7.88. The maximum atomic E-state index is 11.7. The highest BCUT2D eigenvalue weighted by Crippen LogP contribution is 2.27. The second-order valence-electron chi connectivity index (χ2n) is 5.24. The van der Waals surface area contributed by atoms with Crippen LogP contribution in [0.15, 0.2) is 48.5 Å². The van der Waals surface area contributed by atoms with Crippen molar-refractivity contribution in [3.8, 4) is 17.2 Å². The van der Waals surface area contributed by atoms with E-state index in [-0.39, 0.29) is 12.5 Å². The van der Waals surface area contributed by atoms with Gasteiger partial charge in [0.05, 0.1) is 14.2 Å². The summed E-state index contributed by atoms with van der Waals surface area (Å²) in [6.45, 7) is 0.631. The number of para-hydroxylation sites is 1. The Bertz CT molecular complexity index is 643. The molecule has 0 unspecified atom stereocenters. The summed E-state index contributed by atoms with van der Waals surface area (Å²) < 4.78 is 15.9. The first kappa shape index (κ1) is 17.7. The number of amides is 1. The zero-order valence-electron chi connectivity index (χ0n) is 14.1. The van der Waals surface area contributed by atoms with Gasteiger partial charge in [0.25, 0.3) is 5.91 Å². The van der Waals surface area contributed by atoms with E-state index < -0.39 is 0 Å². The third-order valence-corrected chi connectivity index (χ3v) is 3.53. The lowest BCUT2D eigenvalue weighted by Crippen LogP contribution is -2.29. The molecule has 2 aromatic rings. The van der Waals surface area contributed by atoms with Crippen LogP contribution < -0.4 is 19.5 Å². The molecule has 24 heavy (non-hydrogen) atoms. The molecule has 0 aliphatic rings. The molecule has 0 fully saturated rings. The molecule has 0 spiro atoms. The third-order valence-electron chi connectivity index (χ3n) is 3.53.